The van der Waals surface area contributed by atoms with Crippen LogP contribution in [0.1, 0.15) is 25.3 Å². The second-order valence-electron chi connectivity index (χ2n) is 6.11. The largest absolute Gasteiger partial charge is 0.505 e. The van der Waals surface area contributed by atoms with E-state index < -0.39 is 5.82 Å². The number of aliphatic hydroxyl groups is 1. The van der Waals surface area contributed by atoms with E-state index in [1.807, 2.05) is 6.92 Å². The second kappa shape index (κ2) is 8.84. The normalized spacial score (nSPS) is 21.0. The maximum atomic E-state index is 13.4. The number of phenols is 1. The van der Waals surface area contributed by atoms with Crippen LogP contribution in [0.25, 0.3) is 0 Å². The van der Waals surface area contributed by atoms with Gasteiger partial charge in [0.05, 0.1) is 13.2 Å². The smallest absolute Gasteiger partial charge is 0.191 e. The number of rotatable bonds is 7. The van der Waals surface area contributed by atoms with Crippen molar-refractivity contribution in [2.24, 2.45) is 10.4 Å². The Labute approximate surface area is 141 Å². The van der Waals surface area contributed by atoms with E-state index >= 15 is 0 Å². The standard InChI is InChI=1S/C17H26FN3O3/c1-2-19-16(20-10-13-3-4-15(23)14(18)9-13)21-11-17(5-7-22)6-8-24-12-17/h3-4,9,22-23H,2,5-8,10-12H2,1H3,(H2,19,20,21). The molecule has 0 spiro atoms. The summed E-state index contributed by atoms with van der Waals surface area (Å²) in [5.74, 6) is -0.374. The molecule has 0 radical (unpaired) electrons. The molecule has 6 nitrogen and oxygen atoms in total. The molecule has 24 heavy (non-hydrogen) atoms. The van der Waals surface area contributed by atoms with Crippen molar-refractivity contribution in [2.75, 3.05) is 32.9 Å². The van der Waals surface area contributed by atoms with Crippen molar-refractivity contribution in [1.29, 1.82) is 0 Å². The zero-order chi connectivity index (χ0) is 17.4. The van der Waals surface area contributed by atoms with Crippen LogP contribution in [0.15, 0.2) is 23.2 Å². The predicted molar refractivity (Wildman–Crippen MR) is 90.5 cm³/mol. The fourth-order valence-electron chi connectivity index (χ4n) is 2.74. The first kappa shape index (κ1) is 18.5. The van der Waals surface area contributed by atoms with E-state index in [4.69, 9.17) is 4.74 Å². The third-order valence-electron chi connectivity index (χ3n) is 4.23. The summed E-state index contributed by atoms with van der Waals surface area (Å²) in [7, 11) is 0. The summed E-state index contributed by atoms with van der Waals surface area (Å²) in [4.78, 5) is 4.45. The van der Waals surface area contributed by atoms with E-state index in [2.05, 4.69) is 15.6 Å². The third kappa shape index (κ3) is 5.07. The summed E-state index contributed by atoms with van der Waals surface area (Å²) in [6, 6.07) is 4.25. The Balaban J connectivity index is 1.98. The topological polar surface area (TPSA) is 86.1 Å². The molecule has 7 heteroatoms. The number of hydrogen-bond acceptors (Lipinski definition) is 4. The lowest BCUT2D eigenvalue weighted by molar-refractivity contribution is 0.127. The SMILES string of the molecule is CCNC(=NCc1ccc(O)c(F)c1)NCC1(CCO)CCOC1. The maximum Gasteiger partial charge on any atom is 0.191 e. The number of aliphatic imine (C=N–C) groups is 1. The Morgan fingerprint density at radius 1 is 1.42 bits per heavy atom. The van der Waals surface area contributed by atoms with Gasteiger partial charge in [-0.25, -0.2) is 9.38 Å². The summed E-state index contributed by atoms with van der Waals surface area (Å²) in [5.41, 5.74) is 0.604. The molecule has 1 aromatic rings. The number of guanidine groups is 1. The van der Waals surface area contributed by atoms with Crippen molar-refractivity contribution in [2.45, 2.75) is 26.3 Å². The molecule has 4 N–H and O–H groups in total. The molecule has 1 saturated heterocycles. The Hall–Kier alpha value is -1.86. The summed E-state index contributed by atoms with van der Waals surface area (Å²) in [6.45, 7) is 5.11. The van der Waals surface area contributed by atoms with Crippen molar-refractivity contribution >= 4 is 5.96 Å². The van der Waals surface area contributed by atoms with Gasteiger partial charge in [0, 0.05) is 31.7 Å². The number of nitrogens with one attached hydrogen (secondary N) is 2. The minimum atomic E-state index is -0.648. The van der Waals surface area contributed by atoms with Crippen molar-refractivity contribution in [3.05, 3.63) is 29.6 Å². The van der Waals surface area contributed by atoms with E-state index in [1.165, 1.54) is 12.1 Å². The first-order valence-electron chi connectivity index (χ1n) is 8.27. The third-order valence-corrected chi connectivity index (χ3v) is 4.23. The van der Waals surface area contributed by atoms with Crippen molar-refractivity contribution < 1.29 is 19.3 Å². The number of nitrogens with zero attached hydrogens (tertiary/aromatic N) is 1. The van der Waals surface area contributed by atoms with E-state index in [0.717, 1.165) is 6.42 Å². The second-order valence-corrected chi connectivity index (χ2v) is 6.11. The summed E-state index contributed by atoms with van der Waals surface area (Å²) < 4.78 is 18.9. The molecule has 0 aliphatic carbocycles. The molecule has 134 valence electrons. The summed E-state index contributed by atoms with van der Waals surface area (Å²) in [5, 5.41) is 24.9. The predicted octanol–water partition coefficient (Wildman–Crippen LogP) is 1.38. The van der Waals surface area contributed by atoms with Gasteiger partial charge >= 0.3 is 0 Å². The van der Waals surface area contributed by atoms with Crippen molar-refractivity contribution in [3.63, 3.8) is 0 Å². The average molecular weight is 339 g/mol. The maximum absolute atomic E-state index is 13.4. The first-order valence-corrected chi connectivity index (χ1v) is 8.27. The Kier molecular flexibility index (Phi) is 6.81. The van der Waals surface area contributed by atoms with Gasteiger partial charge in [-0.2, -0.15) is 0 Å². The highest BCUT2D eigenvalue weighted by Gasteiger charge is 2.34. The monoisotopic (exact) mass is 339 g/mol. The van der Waals surface area contributed by atoms with Crippen LogP contribution in [0.3, 0.4) is 0 Å². The Morgan fingerprint density at radius 3 is 2.88 bits per heavy atom. The average Bonchev–Trinajstić information content (AvgIpc) is 3.02. The first-order chi connectivity index (χ1) is 11.6. The summed E-state index contributed by atoms with van der Waals surface area (Å²) in [6.07, 6.45) is 1.59. The molecule has 0 bridgehead atoms. The van der Waals surface area contributed by atoms with Crippen molar-refractivity contribution in [1.82, 2.24) is 10.6 Å². The zero-order valence-corrected chi connectivity index (χ0v) is 14.0. The molecular formula is C17H26FN3O3. The van der Waals surface area contributed by atoms with Gasteiger partial charge in [0.2, 0.25) is 0 Å². The molecule has 1 heterocycles. The van der Waals surface area contributed by atoms with Gasteiger partial charge in [-0.05, 0) is 37.5 Å². The van der Waals surface area contributed by atoms with Gasteiger partial charge in [0.1, 0.15) is 0 Å². The van der Waals surface area contributed by atoms with Crippen LogP contribution < -0.4 is 10.6 Å². The number of ether oxygens (including phenoxy) is 1. The van der Waals surface area contributed by atoms with Crippen molar-refractivity contribution in [3.8, 4) is 5.75 Å². The highest BCUT2D eigenvalue weighted by atomic mass is 19.1. The molecule has 0 amide bonds. The van der Waals surface area contributed by atoms with E-state index in [1.54, 1.807) is 6.07 Å². The minimum absolute atomic E-state index is 0.0738. The number of aliphatic hydroxyl groups excluding tert-OH is 1. The molecule has 2 rings (SSSR count). The highest BCUT2D eigenvalue weighted by molar-refractivity contribution is 5.79. The van der Waals surface area contributed by atoms with Gasteiger partial charge < -0.3 is 25.6 Å². The van der Waals surface area contributed by atoms with Gasteiger partial charge in [-0.3, -0.25) is 0 Å². The molecule has 1 aliphatic heterocycles. The van der Waals surface area contributed by atoms with Gasteiger partial charge in [-0.1, -0.05) is 6.07 Å². The molecule has 0 saturated carbocycles. The van der Waals surface area contributed by atoms with E-state index in [-0.39, 0.29) is 17.8 Å². The lowest BCUT2D eigenvalue weighted by Gasteiger charge is -2.27. The number of halogens is 1. The van der Waals surface area contributed by atoms with Crippen LogP contribution in [0.2, 0.25) is 0 Å². The number of benzene rings is 1. The van der Waals surface area contributed by atoms with E-state index in [0.29, 0.717) is 50.8 Å². The minimum Gasteiger partial charge on any atom is -0.505 e. The van der Waals surface area contributed by atoms with Crippen LogP contribution >= 0.6 is 0 Å². The fourth-order valence-corrected chi connectivity index (χ4v) is 2.74. The Morgan fingerprint density at radius 2 is 2.25 bits per heavy atom. The molecule has 1 atom stereocenters. The lowest BCUT2D eigenvalue weighted by atomic mass is 9.84. The van der Waals surface area contributed by atoms with Crippen LogP contribution in [-0.2, 0) is 11.3 Å². The molecule has 0 aromatic heterocycles. The van der Waals surface area contributed by atoms with Crippen LogP contribution in [-0.4, -0.2) is 49.1 Å². The summed E-state index contributed by atoms with van der Waals surface area (Å²) >= 11 is 0. The number of aromatic hydroxyl groups is 1. The van der Waals surface area contributed by atoms with E-state index in [9.17, 15) is 14.6 Å². The highest BCUT2D eigenvalue weighted by Crippen LogP contribution is 2.31. The van der Waals surface area contributed by atoms with Gasteiger partial charge in [-0.15, -0.1) is 0 Å². The molecule has 1 fully saturated rings. The van der Waals surface area contributed by atoms with Gasteiger partial charge in [0.15, 0.2) is 17.5 Å². The van der Waals surface area contributed by atoms with Gasteiger partial charge in [0.25, 0.3) is 0 Å². The molecule has 1 aromatic carbocycles. The zero-order valence-electron chi connectivity index (χ0n) is 14.0. The number of hydrogen-bond donors (Lipinski definition) is 4. The molecule has 1 aliphatic rings. The molecular weight excluding hydrogens is 313 g/mol. The quantitative estimate of drug-likeness (QED) is 0.445. The lowest BCUT2D eigenvalue weighted by Crippen LogP contribution is -2.44. The van der Waals surface area contributed by atoms with Crippen LogP contribution in [0.5, 0.6) is 5.75 Å². The fraction of sp³-hybridized carbons (Fsp3) is 0.588. The van der Waals surface area contributed by atoms with Crippen LogP contribution in [0, 0.1) is 11.2 Å². The van der Waals surface area contributed by atoms with Crippen LogP contribution in [0.4, 0.5) is 4.39 Å². The number of phenolic OH excluding ortho intramolecular Hbond substituents is 1. The molecule has 1 unspecified atom stereocenters. The Bertz CT molecular complexity index is 560.